The summed E-state index contributed by atoms with van der Waals surface area (Å²) in [6.45, 7) is 4.69. The monoisotopic (exact) mass is 276 g/mol. The average Bonchev–Trinajstić information content (AvgIpc) is 2.32. The summed E-state index contributed by atoms with van der Waals surface area (Å²) >= 11 is 0. The number of aromatic nitrogens is 1. The lowest BCUT2D eigenvalue weighted by Gasteiger charge is -2.13. The molecule has 0 unspecified atom stereocenters. The predicted molar refractivity (Wildman–Crippen MR) is 67.0 cm³/mol. The topological polar surface area (TPSA) is 34.2 Å². The van der Waals surface area contributed by atoms with E-state index in [-0.39, 0.29) is 13.0 Å². The minimum atomic E-state index is -4.12. The van der Waals surface area contributed by atoms with Crippen LogP contribution in [0.3, 0.4) is 0 Å². The molecule has 0 amide bonds. The van der Waals surface area contributed by atoms with E-state index in [1.54, 1.807) is 12.3 Å². The first kappa shape index (κ1) is 15.8. The molecule has 0 aliphatic heterocycles. The Bertz CT molecular complexity index is 380. The van der Waals surface area contributed by atoms with Crippen LogP contribution in [-0.2, 0) is 6.54 Å². The van der Waals surface area contributed by atoms with E-state index in [1.807, 2.05) is 13.8 Å². The zero-order valence-electron chi connectivity index (χ0n) is 11.1. The summed E-state index contributed by atoms with van der Waals surface area (Å²) < 4.78 is 41.3. The number of alkyl halides is 3. The molecule has 0 fully saturated rings. The van der Waals surface area contributed by atoms with Crippen molar-refractivity contribution in [2.75, 3.05) is 6.61 Å². The summed E-state index contributed by atoms with van der Waals surface area (Å²) in [5.74, 6) is 0.540. The third kappa shape index (κ3) is 7.00. The van der Waals surface area contributed by atoms with Gasteiger partial charge < -0.3 is 10.1 Å². The van der Waals surface area contributed by atoms with E-state index in [0.29, 0.717) is 18.3 Å². The zero-order chi connectivity index (χ0) is 14.3. The Labute approximate surface area is 111 Å². The van der Waals surface area contributed by atoms with E-state index in [0.717, 1.165) is 5.56 Å². The van der Waals surface area contributed by atoms with E-state index in [2.05, 4.69) is 10.3 Å². The normalized spacial score (nSPS) is 11.9. The number of ether oxygens (including phenoxy) is 1. The summed E-state index contributed by atoms with van der Waals surface area (Å²) in [5, 5.41) is 3.23. The first-order valence-corrected chi connectivity index (χ1v) is 6.24. The highest BCUT2D eigenvalue weighted by Crippen LogP contribution is 2.22. The van der Waals surface area contributed by atoms with E-state index in [1.165, 1.54) is 6.20 Å². The van der Waals surface area contributed by atoms with Crippen molar-refractivity contribution in [3.63, 3.8) is 0 Å². The van der Waals surface area contributed by atoms with Crippen molar-refractivity contribution >= 4 is 0 Å². The van der Waals surface area contributed by atoms with Crippen molar-refractivity contribution < 1.29 is 17.9 Å². The third-order valence-corrected chi connectivity index (χ3v) is 2.43. The molecule has 1 aromatic rings. The second-order valence-electron chi connectivity index (χ2n) is 4.59. The van der Waals surface area contributed by atoms with Crippen LogP contribution in [0.5, 0.6) is 5.75 Å². The summed E-state index contributed by atoms with van der Waals surface area (Å²) in [6.07, 6.45) is -1.83. The first-order chi connectivity index (χ1) is 8.88. The lowest BCUT2D eigenvalue weighted by atomic mass is 10.2. The van der Waals surface area contributed by atoms with Crippen molar-refractivity contribution in [3.8, 4) is 5.75 Å². The maximum atomic E-state index is 12.0. The summed E-state index contributed by atoms with van der Waals surface area (Å²) in [5.41, 5.74) is 0.899. The fraction of sp³-hybridized carbons (Fsp3) is 0.615. The molecule has 1 heterocycles. The van der Waals surface area contributed by atoms with Gasteiger partial charge in [-0.05, 0) is 12.5 Å². The summed E-state index contributed by atoms with van der Waals surface area (Å²) in [4.78, 5) is 3.92. The molecule has 1 aromatic heterocycles. The minimum Gasteiger partial charge on any atom is -0.492 e. The van der Waals surface area contributed by atoms with Gasteiger partial charge in [0.15, 0.2) is 0 Å². The Morgan fingerprint density at radius 1 is 1.37 bits per heavy atom. The van der Waals surface area contributed by atoms with Crippen molar-refractivity contribution in [1.29, 1.82) is 0 Å². The first-order valence-electron chi connectivity index (χ1n) is 6.24. The van der Waals surface area contributed by atoms with Crippen LogP contribution in [0, 0.1) is 0 Å². The van der Waals surface area contributed by atoms with Gasteiger partial charge in [0.1, 0.15) is 5.75 Å². The molecule has 0 saturated heterocycles. The largest absolute Gasteiger partial charge is 0.492 e. The number of halogens is 3. The molecule has 0 aromatic carbocycles. The average molecular weight is 276 g/mol. The van der Waals surface area contributed by atoms with Gasteiger partial charge in [0, 0.05) is 30.8 Å². The van der Waals surface area contributed by atoms with Gasteiger partial charge in [0.2, 0.25) is 0 Å². The van der Waals surface area contributed by atoms with Crippen LogP contribution in [0.2, 0.25) is 0 Å². The zero-order valence-corrected chi connectivity index (χ0v) is 11.1. The predicted octanol–water partition coefficient (Wildman–Crippen LogP) is 3.30. The molecule has 0 bridgehead atoms. The maximum Gasteiger partial charge on any atom is 0.389 e. The standard InChI is InChI=1S/C13H19F3N2O/c1-10(2)18-8-11-4-6-17-9-12(11)19-7-3-5-13(14,15)16/h4,6,9-10,18H,3,5,7-8H2,1-2H3. The highest BCUT2D eigenvalue weighted by molar-refractivity contribution is 5.29. The SMILES string of the molecule is CC(C)NCc1ccncc1OCCCC(F)(F)F. The van der Waals surface area contributed by atoms with Crippen LogP contribution in [-0.4, -0.2) is 23.8 Å². The van der Waals surface area contributed by atoms with Gasteiger partial charge in [-0.1, -0.05) is 13.8 Å². The van der Waals surface area contributed by atoms with E-state index >= 15 is 0 Å². The Morgan fingerprint density at radius 2 is 2.11 bits per heavy atom. The number of nitrogens with zero attached hydrogens (tertiary/aromatic N) is 1. The molecule has 1 N–H and O–H groups in total. The smallest absolute Gasteiger partial charge is 0.389 e. The molecule has 108 valence electrons. The number of hydrogen-bond donors (Lipinski definition) is 1. The second-order valence-corrected chi connectivity index (χ2v) is 4.59. The minimum absolute atomic E-state index is 0.0415. The maximum absolute atomic E-state index is 12.0. The van der Waals surface area contributed by atoms with Crippen molar-refractivity contribution in [3.05, 3.63) is 24.0 Å². The van der Waals surface area contributed by atoms with Crippen LogP contribution < -0.4 is 10.1 Å². The van der Waals surface area contributed by atoms with Crippen molar-refractivity contribution in [2.24, 2.45) is 0 Å². The van der Waals surface area contributed by atoms with Crippen molar-refractivity contribution in [1.82, 2.24) is 10.3 Å². The molecule has 0 atom stereocenters. The van der Waals surface area contributed by atoms with Gasteiger partial charge >= 0.3 is 6.18 Å². The molecule has 0 saturated carbocycles. The lowest BCUT2D eigenvalue weighted by molar-refractivity contribution is -0.136. The van der Waals surface area contributed by atoms with E-state index < -0.39 is 12.6 Å². The van der Waals surface area contributed by atoms with E-state index in [9.17, 15) is 13.2 Å². The molecule has 0 radical (unpaired) electrons. The fourth-order valence-electron chi connectivity index (χ4n) is 1.45. The molecular weight excluding hydrogens is 257 g/mol. The molecule has 6 heteroatoms. The van der Waals surface area contributed by atoms with Crippen LogP contribution in [0.15, 0.2) is 18.5 Å². The highest BCUT2D eigenvalue weighted by Gasteiger charge is 2.26. The quantitative estimate of drug-likeness (QED) is 0.776. The number of hydrogen-bond acceptors (Lipinski definition) is 3. The summed E-state index contributed by atoms with van der Waals surface area (Å²) in [6, 6.07) is 2.13. The number of nitrogens with one attached hydrogen (secondary N) is 1. The lowest BCUT2D eigenvalue weighted by Crippen LogP contribution is -2.22. The molecule has 0 aliphatic rings. The Morgan fingerprint density at radius 3 is 2.74 bits per heavy atom. The van der Waals surface area contributed by atoms with Gasteiger partial charge in [-0.25, -0.2) is 0 Å². The molecular formula is C13H19F3N2O. The molecule has 19 heavy (non-hydrogen) atoms. The van der Waals surface area contributed by atoms with Gasteiger partial charge in [-0.15, -0.1) is 0 Å². The molecule has 1 rings (SSSR count). The van der Waals surface area contributed by atoms with Crippen LogP contribution in [0.25, 0.3) is 0 Å². The summed E-state index contributed by atoms with van der Waals surface area (Å²) in [7, 11) is 0. The second kappa shape index (κ2) is 7.33. The Hall–Kier alpha value is -1.30. The number of rotatable bonds is 7. The van der Waals surface area contributed by atoms with Crippen LogP contribution in [0.4, 0.5) is 13.2 Å². The molecule has 0 spiro atoms. The molecule has 0 aliphatic carbocycles. The third-order valence-electron chi connectivity index (χ3n) is 2.43. The van der Waals surface area contributed by atoms with Gasteiger partial charge in [-0.3, -0.25) is 4.98 Å². The number of pyridine rings is 1. The molecule has 3 nitrogen and oxygen atoms in total. The van der Waals surface area contributed by atoms with E-state index in [4.69, 9.17) is 4.74 Å². The Balaban J connectivity index is 2.44. The van der Waals surface area contributed by atoms with Crippen LogP contribution in [0.1, 0.15) is 32.3 Å². The van der Waals surface area contributed by atoms with Gasteiger partial charge in [0.05, 0.1) is 12.8 Å². The Kier molecular flexibility index (Phi) is 6.08. The highest BCUT2D eigenvalue weighted by atomic mass is 19.4. The van der Waals surface area contributed by atoms with Gasteiger partial charge in [0.25, 0.3) is 0 Å². The fourth-order valence-corrected chi connectivity index (χ4v) is 1.45. The van der Waals surface area contributed by atoms with Crippen LogP contribution >= 0.6 is 0 Å². The van der Waals surface area contributed by atoms with Gasteiger partial charge in [-0.2, -0.15) is 13.2 Å². The van der Waals surface area contributed by atoms with Crippen molar-refractivity contribution in [2.45, 2.75) is 45.5 Å².